The number of halogens is 1. The Labute approximate surface area is 184 Å². The summed E-state index contributed by atoms with van der Waals surface area (Å²) < 4.78 is 5.69. The van der Waals surface area contributed by atoms with Crippen LogP contribution < -0.4 is 15.4 Å². The highest BCUT2D eigenvalue weighted by Gasteiger charge is 2.16. The van der Waals surface area contributed by atoms with Crippen molar-refractivity contribution in [2.75, 3.05) is 38.1 Å². The Hall–Kier alpha value is -2.73. The fourth-order valence-corrected chi connectivity index (χ4v) is 3.64. The number of nitrogens with one attached hydrogen (secondary N) is 2. The van der Waals surface area contributed by atoms with Crippen molar-refractivity contribution in [3.8, 4) is 5.75 Å². The monoisotopic (exact) mass is 428 g/mol. The molecule has 1 saturated heterocycles. The van der Waals surface area contributed by atoms with E-state index in [0.717, 1.165) is 62.8 Å². The molecule has 6 nitrogen and oxygen atoms in total. The molecule has 0 radical (unpaired) electrons. The molecule has 2 heterocycles. The number of aliphatic imine (C=N–C) groups is 1. The summed E-state index contributed by atoms with van der Waals surface area (Å²) in [6.45, 7) is 3.56. The van der Waals surface area contributed by atoms with Crippen molar-refractivity contribution in [3.05, 3.63) is 59.7 Å². The third-order valence-corrected chi connectivity index (χ3v) is 5.29. The number of amides is 1. The zero-order valence-corrected chi connectivity index (χ0v) is 17.9. The van der Waals surface area contributed by atoms with Crippen LogP contribution in [0.4, 0.5) is 5.69 Å². The van der Waals surface area contributed by atoms with E-state index in [9.17, 15) is 4.79 Å². The average Bonchev–Trinajstić information content (AvgIpc) is 3.28. The number of ether oxygens (including phenoxy) is 1. The van der Waals surface area contributed by atoms with Crippen molar-refractivity contribution in [1.29, 1.82) is 0 Å². The van der Waals surface area contributed by atoms with E-state index in [1.165, 1.54) is 17.5 Å². The van der Waals surface area contributed by atoms with Gasteiger partial charge in [0.2, 0.25) is 0 Å². The fourth-order valence-electron chi connectivity index (χ4n) is 3.64. The van der Waals surface area contributed by atoms with Gasteiger partial charge in [0.25, 0.3) is 5.91 Å². The van der Waals surface area contributed by atoms with E-state index >= 15 is 0 Å². The average molecular weight is 429 g/mol. The van der Waals surface area contributed by atoms with Crippen LogP contribution in [0.1, 0.15) is 30.4 Å². The van der Waals surface area contributed by atoms with Crippen molar-refractivity contribution in [1.82, 2.24) is 10.2 Å². The molecule has 0 atom stereocenters. The van der Waals surface area contributed by atoms with Gasteiger partial charge in [0.15, 0.2) is 12.6 Å². The molecule has 2 aromatic carbocycles. The molecule has 7 heteroatoms. The first kappa shape index (κ1) is 22.0. The summed E-state index contributed by atoms with van der Waals surface area (Å²) in [5.41, 5.74) is 3.48. The van der Waals surface area contributed by atoms with Gasteiger partial charge in [0.05, 0.1) is 6.54 Å². The number of rotatable bonds is 6. The van der Waals surface area contributed by atoms with Gasteiger partial charge in [-0.3, -0.25) is 9.79 Å². The van der Waals surface area contributed by atoms with E-state index in [-0.39, 0.29) is 24.9 Å². The molecule has 1 amide bonds. The van der Waals surface area contributed by atoms with Gasteiger partial charge in [-0.15, -0.1) is 12.4 Å². The number of piperidine rings is 1. The standard InChI is InChI=1S/C23H28N4O2.ClH/c28-22(27-14-2-1-3-15-27)17-29-21-10-6-19(7-11-21)16-18-4-8-20(9-5-18)26-23-24-12-13-25-23;/h4-11H,1-3,12-17H2,(H2,24,25,26);1H. The smallest absolute Gasteiger partial charge is 0.260 e. The van der Waals surface area contributed by atoms with Crippen LogP contribution in [0.25, 0.3) is 0 Å². The predicted octanol–water partition coefficient (Wildman–Crippen LogP) is 3.46. The van der Waals surface area contributed by atoms with Crippen LogP contribution in [0.15, 0.2) is 53.5 Å². The van der Waals surface area contributed by atoms with Crippen molar-refractivity contribution in [3.63, 3.8) is 0 Å². The number of hydrogen-bond donors (Lipinski definition) is 2. The quantitative estimate of drug-likeness (QED) is 0.739. The van der Waals surface area contributed by atoms with Crippen LogP contribution in [0.5, 0.6) is 5.75 Å². The van der Waals surface area contributed by atoms with Crippen LogP contribution >= 0.6 is 12.4 Å². The van der Waals surface area contributed by atoms with E-state index in [4.69, 9.17) is 4.74 Å². The second-order valence-electron chi connectivity index (χ2n) is 7.53. The van der Waals surface area contributed by atoms with Crippen molar-refractivity contribution in [2.45, 2.75) is 25.7 Å². The fraction of sp³-hybridized carbons (Fsp3) is 0.391. The van der Waals surface area contributed by atoms with Crippen molar-refractivity contribution < 1.29 is 9.53 Å². The maximum absolute atomic E-state index is 12.2. The molecule has 2 aliphatic heterocycles. The highest BCUT2D eigenvalue weighted by Crippen LogP contribution is 2.18. The lowest BCUT2D eigenvalue weighted by atomic mass is 10.0. The van der Waals surface area contributed by atoms with Gasteiger partial charge in [-0.05, 0) is 61.1 Å². The largest absolute Gasteiger partial charge is 0.484 e. The lowest BCUT2D eigenvalue weighted by Gasteiger charge is -2.26. The van der Waals surface area contributed by atoms with Crippen molar-refractivity contribution >= 4 is 30.0 Å². The first-order valence-corrected chi connectivity index (χ1v) is 10.4. The van der Waals surface area contributed by atoms with E-state index in [1.807, 2.05) is 17.0 Å². The summed E-state index contributed by atoms with van der Waals surface area (Å²) in [6.07, 6.45) is 4.27. The maximum atomic E-state index is 12.2. The van der Waals surface area contributed by atoms with Crippen LogP contribution in [-0.2, 0) is 11.2 Å². The van der Waals surface area contributed by atoms with E-state index in [0.29, 0.717) is 0 Å². The van der Waals surface area contributed by atoms with Gasteiger partial charge in [-0.1, -0.05) is 24.3 Å². The number of carbonyl (C=O) groups is 1. The van der Waals surface area contributed by atoms with E-state index < -0.39 is 0 Å². The number of hydrogen-bond acceptors (Lipinski definition) is 5. The van der Waals surface area contributed by atoms with Crippen LogP contribution in [0.3, 0.4) is 0 Å². The second-order valence-corrected chi connectivity index (χ2v) is 7.53. The minimum absolute atomic E-state index is 0. The van der Waals surface area contributed by atoms with Crippen LogP contribution in [0.2, 0.25) is 0 Å². The second kappa shape index (κ2) is 10.9. The molecule has 0 aromatic heterocycles. The SMILES string of the molecule is Cl.O=C(COc1ccc(Cc2ccc(NC3=NCCN3)cc2)cc1)N1CCCCC1. The molecule has 0 spiro atoms. The summed E-state index contributed by atoms with van der Waals surface area (Å²) in [5.74, 6) is 1.66. The molecule has 0 aliphatic carbocycles. The summed E-state index contributed by atoms with van der Waals surface area (Å²) >= 11 is 0. The topological polar surface area (TPSA) is 66.0 Å². The zero-order chi connectivity index (χ0) is 19.9. The lowest BCUT2D eigenvalue weighted by Crippen LogP contribution is -2.38. The number of anilines is 1. The number of benzene rings is 2. The van der Waals surface area contributed by atoms with Crippen molar-refractivity contribution in [2.24, 2.45) is 4.99 Å². The molecular weight excluding hydrogens is 400 g/mol. The summed E-state index contributed by atoms with van der Waals surface area (Å²) in [7, 11) is 0. The molecule has 1 fully saturated rings. The molecule has 0 unspecified atom stereocenters. The molecule has 4 rings (SSSR count). The van der Waals surface area contributed by atoms with Crippen LogP contribution in [0, 0.1) is 0 Å². The molecule has 2 aliphatic rings. The highest BCUT2D eigenvalue weighted by molar-refractivity contribution is 5.94. The maximum Gasteiger partial charge on any atom is 0.260 e. The minimum atomic E-state index is 0. The molecule has 0 saturated carbocycles. The molecule has 2 N–H and O–H groups in total. The third kappa shape index (κ3) is 6.13. The number of carbonyl (C=O) groups excluding carboxylic acids is 1. The van der Waals surface area contributed by atoms with Gasteiger partial charge in [-0.25, -0.2) is 0 Å². The molecule has 0 bridgehead atoms. The highest BCUT2D eigenvalue weighted by atomic mass is 35.5. The number of guanidine groups is 1. The normalized spacial score (nSPS) is 15.6. The lowest BCUT2D eigenvalue weighted by molar-refractivity contribution is -0.134. The predicted molar refractivity (Wildman–Crippen MR) is 123 cm³/mol. The van der Waals surface area contributed by atoms with Crippen LogP contribution in [-0.4, -0.2) is 49.6 Å². The summed E-state index contributed by atoms with van der Waals surface area (Å²) in [5, 5.41) is 6.48. The Morgan fingerprint density at radius 2 is 1.67 bits per heavy atom. The summed E-state index contributed by atoms with van der Waals surface area (Å²) in [6, 6.07) is 16.4. The first-order valence-electron chi connectivity index (χ1n) is 10.4. The molecular formula is C23H29ClN4O2. The number of nitrogens with zero attached hydrogens (tertiary/aromatic N) is 2. The van der Waals surface area contributed by atoms with Gasteiger partial charge in [-0.2, -0.15) is 0 Å². The van der Waals surface area contributed by atoms with Gasteiger partial charge >= 0.3 is 0 Å². The van der Waals surface area contributed by atoms with Gasteiger partial charge in [0.1, 0.15) is 5.75 Å². The number of likely N-dealkylation sites (tertiary alicyclic amines) is 1. The van der Waals surface area contributed by atoms with Gasteiger partial charge in [0, 0.05) is 25.3 Å². The van der Waals surface area contributed by atoms with E-state index in [2.05, 4.69) is 52.0 Å². The molecule has 2 aromatic rings. The first-order chi connectivity index (χ1) is 14.3. The Morgan fingerprint density at radius 3 is 2.30 bits per heavy atom. The molecule has 30 heavy (non-hydrogen) atoms. The Morgan fingerprint density at radius 1 is 1.00 bits per heavy atom. The summed E-state index contributed by atoms with van der Waals surface area (Å²) in [4.78, 5) is 18.4. The third-order valence-electron chi connectivity index (χ3n) is 5.29. The van der Waals surface area contributed by atoms with E-state index in [1.54, 1.807) is 0 Å². The molecule has 160 valence electrons. The Kier molecular flexibility index (Phi) is 7.97. The van der Waals surface area contributed by atoms with Gasteiger partial charge < -0.3 is 20.3 Å². The minimum Gasteiger partial charge on any atom is -0.484 e. The Bertz CT molecular complexity index is 847. The zero-order valence-electron chi connectivity index (χ0n) is 17.1. The Balaban J connectivity index is 0.00000256.